The number of rotatable bonds is 7. The van der Waals surface area contributed by atoms with Crippen LogP contribution in [0.1, 0.15) is 24.1 Å². The summed E-state index contributed by atoms with van der Waals surface area (Å²) in [6, 6.07) is 18.0. The average Bonchev–Trinajstić information content (AvgIpc) is 2.82. The Balaban J connectivity index is 1.57. The molecule has 9 heteroatoms. The molecule has 0 unspecified atom stereocenters. The lowest BCUT2D eigenvalue weighted by Crippen LogP contribution is -2.41. The molecule has 0 bridgehead atoms. The van der Waals surface area contributed by atoms with Crippen molar-refractivity contribution in [3.05, 3.63) is 82.9 Å². The van der Waals surface area contributed by atoms with E-state index in [1.807, 2.05) is 32.0 Å². The van der Waals surface area contributed by atoms with Crippen LogP contribution >= 0.6 is 11.6 Å². The molecule has 3 aromatic carbocycles. The second-order valence-corrected chi connectivity index (χ2v) is 10.3. The molecule has 0 fully saturated rings. The Bertz CT molecular complexity index is 1290. The van der Waals surface area contributed by atoms with Gasteiger partial charge in [-0.15, -0.1) is 0 Å². The Morgan fingerprint density at radius 3 is 2.44 bits per heavy atom. The summed E-state index contributed by atoms with van der Waals surface area (Å²) in [4.78, 5) is 13.1. The first-order valence-electron chi connectivity index (χ1n) is 10.8. The van der Waals surface area contributed by atoms with Crippen LogP contribution in [0.2, 0.25) is 5.02 Å². The van der Waals surface area contributed by atoms with E-state index in [4.69, 9.17) is 21.1 Å². The van der Waals surface area contributed by atoms with E-state index in [-0.39, 0.29) is 17.5 Å². The lowest BCUT2D eigenvalue weighted by atomic mass is 10.1. The van der Waals surface area contributed by atoms with Crippen molar-refractivity contribution in [2.24, 2.45) is 0 Å². The fourth-order valence-corrected chi connectivity index (χ4v) is 5.20. The molecule has 0 aromatic heterocycles. The van der Waals surface area contributed by atoms with Gasteiger partial charge in [-0.3, -0.25) is 9.10 Å². The number of hydrogen-bond acceptors (Lipinski definition) is 5. The molecular formula is C25H25ClN2O5S. The van der Waals surface area contributed by atoms with Gasteiger partial charge in [0.1, 0.15) is 19.8 Å². The number of carbonyl (C=O) groups excluding carboxylic acids is 1. The molecule has 1 heterocycles. The summed E-state index contributed by atoms with van der Waals surface area (Å²) in [5.74, 6) is 0.839. The molecular weight excluding hydrogens is 476 g/mol. The van der Waals surface area contributed by atoms with E-state index in [0.29, 0.717) is 35.4 Å². The summed E-state index contributed by atoms with van der Waals surface area (Å²) in [5.41, 5.74) is 2.09. The highest BCUT2D eigenvalue weighted by Gasteiger charge is 2.28. The number of benzene rings is 3. The summed E-state index contributed by atoms with van der Waals surface area (Å²) in [6.45, 7) is 4.26. The van der Waals surface area contributed by atoms with Crippen molar-refractivity contribution >= 4 is 33.2 Å². The molecule has 7 nitrogen and oxygen atoms in total. The second-order valence-electron chi connectivity index (χ2n) is 8.00. The topological polar surface area (TPSA) is 84.9 Å². The summed E-state index contributed by atoms with van der Waals surface area (Å²) in [7, 11) is -4.02. The number of fused-ring (bicyclic) bond motifs is 1. The smallest absolute Gasteiger partial charge is 0.264 e. The van der Waals surface area contributed by atoms with Crippen molar-refractivity contribution in [2.45, 2.75) is 24.8 Å². The van der Waals surface area contributed by atoms with Crippen molar-refractivity contribution in [3.63, 3.8) is 0 Å². The minimum Gasteiger partial charge on any atom is -0.486 e. The minimum absolute atomic E-state index is 0.0473. The monoisotopic (exact) mass is 500 g/mol. The number of nitrogens with zero attached hydrogens (tertiary/aromatic N) is 1. The third-order valence-corrected chi connectivity index (χ3v) is 7.46. The molecule has 34 heavy (non-hydrogen) atoms. The van der Waals surface area contributed by atoms with Gasteiger partial charge in [0.15, 0.2) is 11.5 Å². The maximum Gasteiger partial charge on any atom is 0.264 e. The molecule has 4 rings (SSSR count). The van der Waals surface area contributed by atoms with Gasteiger partial charge >= 0.3 is 0 Å². The van der Waals surface area contributed by atoms with Gasteiger partial charge in [-0.1, -0.05) is 29.8 Å². The Labute approximate surface area is 204 Å². The predicted octanol–water partition coefficient (Wildman–Crippen LogP) is 4.49. The standard InChI is InChI=1S/C25H25ClN2O5S/c1-17-4-3-5-21(14-17)28(34(30,31)22-9-7-20(26)8-10-22)16-25(29)27-18(2)19-6-11-23-24(15-19)33-13-12-32-23/h3-11,14-15,18H,12-13,16H2,1-2H3,(H,27,29)/t18-/m1/s1. The lowest BCUT2D eigenvalue weighted by molar-refractivity contribution is -0.120. The number of nitrogens with one attached hydrogen (secondary N) is 1. The highest BCUT2D eigenvalue weighted by Crippen LogP contribution is 2.32. The fraction of sp³-hybridized carbons (Fsp3) is 0.240. The molecule has 1 aliphatic heterocycles. The molecule has 0 radical (unpaired) electrons. The highest BCUT2D eigenvalue weighted by molar-refractivity contribution is 7.92. The van der Waals surface area contributed by atoms with E-state index in [9.17, 15) is 13.2 Å². The third kappa shape index (κ3) is 5.29. The average molecular weight is 501 g/mol. The van der Waals surface area contributed by atoms with Crippen LogP contribution < -0.4 is 19.1 Å². The lowest BCUT2D eigenvalue weighted by Gasteiger charge is -2.26. The van der Waals surface area contributed by atoms with Crippen molar-refractivity contribution < 1.29 is 22.7 Å². The summed E-state index contributed by atoms with van der Waals surface area (Å²) in [6.07, 6.45) is 0. The SMILES string of the molecule is Cc1cccc(N(CC(=O)N[C@H](C)c2ccc3c(c2)OCCO3)S(=O)(=O)c2ccc(Cl)cc2)c1. The molecule has 1 aliphatic rings. The van der Waals surface area contributed by atoms with Gasteiger partial charge in [0.05, 0.1) is 16.6 Å². The number of halogens is 1. The molecule has 0 aliphatic carbocycles. The van der Waals surface area contributed by atoms with Crippen LogP contribution in [0, 0.1) is 6.92 Å². The van der Waals surface area contributed by atoms with Crippen molar-refractivity contribution in [1.29, 1.82) is 0 Å². The number of ether oxygens (including phenoxy) is 2. The third-order valence-electron chi connectivity index (χ3n) is 5.42. The summed E-state index contributed by atoms with van der Waals surface area (Å²) in [5, 5.41) is 3.31. The van der Waals surface area contributed by atoms with Crippen LogP contribution in [0.3, 0.4) is 0 Å². The Morgan fingerprint density at radius 2 is 1.74 bits per heavy atom. The number of sulfonamides is 1. The summed E-state index contributed by atoms with van der Waals surface area (Å²) < 4.78 is 39.2. The Morgan fingerprint density at radius 1 is 1.03 bits per heavy atom. The maximum absolute atomic E-state index is 13.5. The molecule has 1 atom stereocenters. The van der Waals surface area contributed by atoms with Crippen LogP contribution in [0.5, 0.6) is 11.5 Å². The Hall–Kier alpha value is -3.23. The zero-order valence-electron chi connectivity index (χ0n) is 18.8. The molecule has 1 N–H and O–H groups in total. The maximum atomic E-state index is 13.5. The number of amides is 1. The van der Waals surface area contributed by atoms with Crippen LogP contribution in [0.4, 0.5) is 5.69 Å². The number of hydrogen-bond donors (Lipinski definition) is 1. The molecule has 3 aromatic rings. The zero-order chi connectivity index (χ0) is 24.3. The number of carbonyl (C=O) groups is 1. The van der Waals surface area contributed by atoms with Crippen LogP contribution in [0.25, 0.3) is 0 Å². The predicted molar refractivity (Wildman–Crippen MR) is 131 cm³/mol. The van der Waals surface area contributed by atoms with Gasteiger partial charge < -0.3 is 14.8 Å². The quantitative estimate of drug-likeness (QED) is 0.516. The Kier molecular flexibility index (Phi) is 7.00. The van der Waals surface area contributed by atoms with Crippen LogP contribution in [-0.2, 0) is 14.8 Å². The van der Waals surface area contributed by atoms with E-state index < -0.39 is 15.9 Å². The largest absolute Gasteiger partial charge is 0.486 e. The molecule has 0 saturated heterocycles. The number of aryl methyl sites for hydroxylation is 1. The fourth-order valence-electron chi connectivity index (χ4n) is 3.66. The molecule has 1 amide bonds. The van der Waals surface area contributed by atoms with Crippen molar-refractivity contribution in [1.82, 2.24) is 5.32 Å². The van der Waals surface area contributed by atoms with Crippen molar-refractivity contribution in [2.75, 3.05) is 24.1 Å². The van der Waals surface area contributed by atoms with Gasteiger partial charge in [-0.25, -0.2) is 8.42 Å². The van der Waals surface area contributed by atoms with Gasteiger partial charge in [0.25, 0.3) is 10.0 Å². The first-order valence-corrected chi connectivity index (χ1v) is 12.6. The van der Waals surface area contributed by atoms with E-state index in [0.717, 1.165) is 15.4 Å². The van der Waals surface area contributed by atoms with Crippen molar-refractivity contribution in [3.8, 4) is 11.5 Å². The van der Waals surface area contributed by atoms with E-state index in [1.165, 1.54) is 24.3 Å². The molecule has 0 saturated carbocycles. The molecule has 0 spiro atoms. The van der Waals surface area contributed by atoms with Gasteiger partial charge in [-0.05, 0) is 73.5 Å². The van der Waals surface area contributed by atoms with Gasteiger partial charge in [-0.2, -0.15) is 0 Å². The second kappa shape index (κ2) is 9.95. The highest BCUT2D eigenvalue weighted by atomic mass is 35.5. The van der Waals surface area contributed by atoms with E-state index in [1.54, 1.807) is 24.3 Å². The first kappa shape index (κ1) is 23.9. The van der Waals surface area contributed by atoms with Gasteiger partial charge in [0.2, 0.25) is 5.91 Å². The van der Waals surface area contributed by atoms with Crippen LogP contribution in [-0.4, -0.2) is 34.1 Å². The molecule has 178 valence electrons. The first-order chi connectivity index (χ1) is 16.2. The van der Waals surface area contributed by atoms with E-state index in [2.05, 4.69) is 5.32 Å². The number of anilines is 1. The van der Waals surface area contributed by atoms with Gasteiger partial charge in [0, 0.05) is 5.02 Å². The normalized spacial score (nSPS) is 13.7. The van der Waals surface area contributed by atoms with E-state index >= 15 is 0 Å². The minimum atomic E-state index is -4.02. The zero-order valence-corrected chi connectivity index (χ0v) is 20.4. The van der Waals surface area contributed by atoms with Crippen LogP contribution in [0.15, 0.2) is 71.6 Å². The summed E-state index contributed by atoms with van der Waals surface area (Å²) >= 11 is 5.93.